The standard InChI is InChI=1S/C11H13N5O/c1-6-3-4-8(12)10(7(6)2)14-11(17)9-5-13-16-15-9/h3-5H,12H2,1-2H3,(H,14,17)(H,13,15,16). The molecule has 0 unspecified atom stereocenters. The van der Waals surface area contributed by atoms with E-state index in [-0.39, 0.29) is 11.6 Å². The maximum atomic E-state index is 11.8. The van der Waals surface area contributed by atoms with E-state index in [1.54, 1.807) is 6.07 Å². The molecule has 1 aromatic carbocycles. The van der Waals surface area contributed by atoms with Gasteiger partial charge in [0.1, 0.15) is 0 Å². The fourth-order valence-corrected chi connectivity index (χ4v) is 1.49. The second-order valence-electron chi connectivity index (χ2n) is 3.78. The number of benzene rings is 1. The smallest absolute Gasteiger partial charge is 0.277 e. The average Bonchev–Trinajstić information content (AvgIpc) is 2.83. The highest BCUT2D eigenvalue weighted by molar-refractivity contribution is 6.04. The molecule has 4 N–H and O–H groups in total. The lowest BCUT2D eigenvalue weighted by molar-refractivity contribution is 0.102. The summed E-state index contributed by atoms with van der Waals surface area (Å²) in [6.07, 6.45) is 1.36. The third-order valence-electron chi connectivity index (χ3n) is 2.65. The van der Waals surface area contributed by atoms with Crippen LogP contribution >= 0.6 is 0 Å². The van der Waals surface area contributed by atoms with Crippen LogP contribution in [0.1, 0.15) is 21.6 Å². The van der Waals surface area contributed by atoms with Crippen molar-refractivity contribution in [1.82, 2.24) is 15.4 Å². The van der Waals surface area contributed by atoms with Crippen LogP contribution in [0.2, 0.25) is 0 Å². The summed E-state index contributed by atoms with van der Waals surface area (Å²) in [6, 6.07) is 3.68. The average molecular weight is 231 g/mol. The second-order valence-corrected chi connectivity index (χ2v) is 3.78. The largest absolute Gasteiger partial charge is 0.397 e. The van der Waals surface area contributed by atoms with Crippen molar-refractivity contribution < 1.29 is 4.79 Å². The molecule has 0 fully saturated rings. The number of aromatic amines is 1. The van der Waals surface area contributed by atoms with Crippen LogP contribution in [0.15, 0.2) is 18.3 Å². The van der Waals surface area contributed by atoms with Crippen molar-refractivity contribution in [3.63, 3.8) is 0 Å². The van der Waals surface area contributed by atoms with Crippen LogP contribution in [0.4, 0.5) is 11.4 Å². The van der Waals surface area contributed by atoms with Gasteiger partial charge in [-0.15, -0.1) is 0 Å². The minimum absolute atomic E-state index is 0.227. The number of hydrogen-bond acceptors (Lipinski definition) is 4. The van der Waals surface area contributed by atoms with Crippen LogP contribution in [0, 0.1) is 13.8 Å². The molecule has 88 valence electrons. The molecule has 0 spiro atoms. The summed E-state index contributed by atoms with van der Waals surface area (Å²) < 4.78 is 0. The van der Waals surface area contributed by atoms with Gasteiger partial charge in [-0.25, -0.2) is 0 Å². The number of aryl methyl sites for hydroxylation is 1. The van der Waals surface area contributed by atoms with E-state index < -0.39 is 0 Å². The number of nitrogen functional groups attached to an aromatic ring is 1. The van der Waals surface area contributed by atoms with Gasteiger partial charge in [0.25, 0.3) is 5.91 Å². The first kappa shape index (κ1) is 11.1. The summed E-state index contributed by atoms with van der Waals surface area (Å²) in [6.45, 7) is 3.87. The molecule has 6 heteroatoms. The predicted molar refractivity (Wildman–Crippen MR) is 64.7 cm³/mol. The van der Waals surface area contributed by atoms with Crippen molar-refractivity contribution >= 4 is 17.3 Å². The molecule has 0 aliphatic rings. The molecular formula is C11H13N5O. The molecule has 1 amide bonds. The van der Waals surface area contributed by atoms with Gasteiger partial charge < -0.3 is 11.1 Å². The number of nitrogens with two attached hydrogens (primary N) is 1. The molecule has 1 heterocycles. The molecule has 0 atom stereocenters. The molecule has 0 bridgehead atoms. The minimum Gasteiger partial charge on any atom is -0.397 e. The van der Waals surface area contributed by atoms with Crippen LogP contribution in [0.3, 0.4) is 0 Å². The number of rotatable bonds is 2. The Kier molecular flexibility index (Phi) is 2.78. The number of anilines is 2. The van der Waals surface area contributed by atoms with Crippen molar-refractivity contribution in [2.45, 2.75) is 13.8 Å². The number of nitrogens with zero attached hydrogens (tertiary/aromatic N) is 2. The summed E-state index contributed by atoms with van der Waals surface area (Å²) in [7, 11) is 0. The summed E-state index contributed by atoms with van der Waals surface area (Å²) in [5.74, 6) is -0.334. The fraction of sp³-hybridized carbons (Fsp3) is 0.182. The van der Waals surface area contributed by atoms with E-state index in [9.17, 15) is 4.79 Å². The Morgan fingerprint density at radius 2 is 2.18 bits per heavy atom. The summed E-state index contributed by atoms with van der Waals surface area (Å²) in [5.41, 5.74) is 9.23. The van der Waals surface area contributed by atoms with Gasteiger partial charge in [0, 0.05) is 0 Å². The summed E-state index contributed by atoms with van der Waals surface area (Å²) in [4.78, 5) is 11.8. The molecule has 0 saturated heterocycles. The molecule has 2 aromatic rings. The Morgan fingerprint density at radius 1 is 1.41 bits per heavy atom. The van der Waals surface area contributed by atoms with E-state index >= 15 is 0 Å². The Hall–Kier alpha value is -2.37. The summed E-state index contributed by atoms with van der Waals surface area (Å²) >= 11 is 0. The topological polar surface area (TPSA) is 96.7 Å². The first-order valence-electron chi connectivity index (χ1n) is 5.12. The zero-order valence-corrected chi connectivity index (χ0v) is 9.61. The highest BCUT2D eigenvalue weighted by atomic mass is 16.2. The van der Waals surface area contributed by atoms with Gasteiger partial charge in [-0.2, -0.15) is 15.4 Å². The monoisotopic (exact) mass is 231 g/mol. The number of carbonyl (C=O) groups excluding carboxylic acids is 1. The number of H-pyrrole nitrogens is 1. The molecule has 0 radical (unpaired) electrons. The Labute approximate surface area is 98.2 Å². The van der Waals surface area contributed by atoms with Crippen LogP contribution in [0.25, 0.3) is 0 Å². The van der Waals surface area contributed by atoms with Crippen LogP contribution < -0.4 is 11.1 Å². The Morgan fingerprint density at radius 3 is 2.82 bits per heavy atom. The van der Waals surface area contributed by atoms with Gasteiger partial charge in [0.05, 0.1) is 17.6 Å². The number of nitrogens with one attached hydrogen (secondary N) is 2. The van der Waals surface area contributed by atoms with Gasteiger partial charge in [0.2, 0.25) is 0 Å². The lowest BCUT2D eigenvalue weighted by Crippen LogP contribution is -2.15. The number of hydrogen-bond donors (Lipinski definition) is 3. The Bertz CT molecular complexity index is 547. The van der Waals surface area contributed by atoms with Crippen LogP contribution in [-0.2, 0) is 0 Å². The molecule has 6 nitrogen and oxygen atoms in total. The number of aromatic nitrogens is 3. The van der Waals surface area contributed by atoms with Gasteiger partial charge in [-0.1, -0.05) is 6.07 Å². The Balaban J connectivity index is 2.31. The first-order chi connectivity index (χ1) is 8.09. The van der Waals surface area contributed by atoms with Gasteiger partial charge >= 0.3 is 0 Å². The SMILES string of the molecule is Cc1ccc(N)c(NC(=O)c2cn[nH]n2)c1C. The maximum Gasteiger partial charge on any atom is 0.277 e. The van der Waals surface area contributed by atoms with E-state index in [1.807, 2.05) is 19.9 Å². The normalized spacial score (nSPS) is 10.2. The lowest BCUT2D eigenvalue weighted by Gasteiger charge is -2.12. The fourth-order valence-electron chi connectivity index (χ4n) is 1.49. The van der Waals surface area contributed by atoms with E-state index in [0.717, 1.165) is 11.1 Å². The molecule has 0 aliphatic carbocycles. The second kappa shape index (κ2) is 4.25. The van der Waals surface area contributed by atoms with Crippen molar-refractivity contribution in [2.24, 2.45) is 0 Å². The number of carbonyl (C=O) groups is 1. The van der Waals surface area contributed by atoms with Gasteiger partial charge in [-0.3, -0.25) is 4.79 Å². The van der Waals surface area contributed by atoms with Crippen molar-refractivity contribution in [3.05, 3.63) is 35.2 Å². The van der Waals surface area contributed by atoms with Crippen LogP contribution in [0.5, 0.6) is 0 Å². The molecule has 17 heavy (non-hydrogen) atoms. The van der Waals surface area contributed by atoms with Crippen molar-refractivity contribution in [3.8, 4) is 0 Å². The highest BCUT2D eigenvalue weighted by Crippen LogP contribution is 2.26. The molecule has 0 saturated carbocycles. The van der Waals surface area contributed by atoms with E-state index in [2.05, 4.69) is 20.7 Å². The predicted octanol–water partition coefficient (Wildman–Crippen LogP) is 1.26. The zero-order chi connectivity index (χ0) is 12.4. The van der Waals surface area contributed by atoms with E-state index in [0.29, 0.717) is 11.4 Å². The quantitative estimate of drug-likeness (QED) is 0.678. The molecule has 0 aliphatic heterocycles. The lowest BCUT2D eigenvalue weighted by atomic mass is 10.1. The minimum atomic E-state index is -0.334. The highest BCUT2D eigenvalue weighted by Gasteiger charge is 2.13. The van der Waals surface area contributed by atoms with E-state index in [1.165, 1.54) is 6.20 Å². The summed E-state index contributed by atoms with van der Waals surface area (Å²) in [5, 5.41) is 12.4. The molecule has 1 aromatic heterocycles. The molecular weight excluding hydrogens is 218 g/mol. The third-order valence-corrected chi connectivity index (χ3v) is 2.65. The van der Waals surface area contributed by atoms with E-state index in [4.69, 9.17) is 5.73 Å². The molecule has 2 rings (SSSR count). The van der Waals surface area contributed by atoms with Gasteiger partial charge in [-0.05, 0) is 31.0 Å². The zero-order valence-electron chi connectivity index (χ0n) is 9.61. The van der Waals surface area contributed by atoms with Gasteiger partial charge in [0.15, 0.2) is 5.69 Å². The maximum absolute atomic E-state index is 11.8. The number of amides is 1. The third kappa shape index (κ3) is 2.10. The van der Waals surface area contributed by atoms with Crippen LogP contribution in [-0.4, -0.2) is 21.3 Å². The first-order valence-corrected chi connectivity index (χ1v) is 5.12. The van der Waals surface area contributed by atoms with Crippen molar-refractivity contribution in [2.75, 3.05) is 11.1 Å². The van der Waals surface area contributed by atoms with Crippen molar-refractivity contribution in [1.29, 1.82) is 0 Å².